The fraction of sp³-hybridized carbons (Fsp3) is 0.467. The summed E-state index contributed by atoms with van der Waals surface area (Å²) in [4.78, 5) is 13.4. The molecule has 0 aliphatic carbocycles. The minimum Gasteiger partial charge on any atom is -0.330 e. The fourth-order valence-corrected chi connectivity index (χ4v) is 2.34. The minimum absolute atomic E-state index is 0.0277. The van der Waals surface area contributed by atoms with Gasteiger partial charge in [0.2, 0.25) is 5.91 Å². The van der Waals surface area contributed by atoms with E-state index in [0.717, 1.165) is 17.7 Å². The molecule has 1 amide bonds. The number of fused-ring (bicyclic) bond motifs is 1. The molecule has 2 N–H and O–H groups in total. The van der Waals surface area contributed by atoms with Crippen LogP contribution in [0.1, 0.15) is 31.4 Å². The molecule has 4 heteroatoms. The second-order valence-corrected chi connectivity index (χ2v) is 5.57. The van der Waals surface area contributed by atoms with Crippen LogP contribution in [0.15, 0.2) is 18.2 Å². The number of rotatable bonds is 3. The van der Waals surface area contributed by atoms with Gasteiger partial charge < -0.3 is 5.73 Å². The minimum atomic E-state index is -0.0729. The van der Waals surface area contributed by atoms with E-state index < -0.39 is 0 Å². The van der Waals surface area contributed by atoms with Crippen LogP contribution in [0, 0.1) is 11.3 Å². The van der Waals surface area contributed by atoms with Crippen LogP contribution in [0.4, 0.5) is 5.69 Å². The van der Waals surface area contributed by atoms with Gasteiger partial charge in [0.05, 0.1) is 6.07 Å². The van der Waals surface area contributed by atoms with Crippen molar-refractivity contribution in [3.63, 3.8) is 0 Å². The molecule has 1 aromatic carbocycles. The quantitative estimate of drug-likeness (QED) is 0.838. The highest BCUT2D eigenvalue weighted by atomic mass is 16.2. The highest BCUT2D eigenvalue weighted by molar-refractivity contribution is 5.96. The maximum absolute atomic E-state index is 11.8. The van der Waals surface area contributed by atoms with Crippen molar-refractivity contribution >= 4 is 11.6 Å². The molecule has 1 heterocycles. The molecule has 0 saturated heterocycles. The fourth-order valence-electron chi connectivity index (χ4n) is 2.34. The molecule has 4 nitrogen and oxygen atoms in total. The van der Waals surface area contributed by atoms with Gasteiger partial charge in [-0.2, -0.15) is 5.26 Å². The largest absolute Gasteiger partial charge is 0.330 e. The molecular formula is C15H19N3O. The van der Waals surface area contributed by atoms with Crippen LogP contribution in [0.25, 0.3) is 0 Å². The normalized spacial score (nSPS) is 15.1. The van der Waals surface area contributed by atoms with Crippen molar-refractivity contribution in [3.05, 3.63) is 29.3 Å². The number of nitrogens with two attached hydrogens (primary N) is 1. The standard InChI is InChI=1S/C15H19N3O/c1-15(2,10-17)12-4-5-13-11(9-12)3-6-14(19)18(13)8-7-16/h4-5,9H,3,6,8,10,17H2,1-2H3. The zero-order valence-electron chi connectivity index (χ0n) is 11.4. The number of aryl methyl sites for hydroxylation is 1. The molecule has 19 heavy (non-hydrogen) atoms. The summed E-state index contributed by atoms with van der Waals surface area (Å²) < 4.78 is 0. The molecule has 0 unspecified atom stereocenters. The Morgan fingerprint density at radius 3 is 2.79 bits per heavy atom. The third-order valence-corrected chi connectivity index (χ3v) is 3.80. The summed E-state index contributed by atoms with van der Waals surface area (Å²) in [7, 11) is 0. The predicted molar refractivity (Wildman–Crippen MR) is 74.8 cm³/mol. The summed E-state index contributed by atoms with van der Waals surface area (Å²) in [5, 5.41) is 8.82. The van der Waals surface area contributed by atoms with Gasteiger partial charge in [-0.05, 0) is 23.6 Å². The van der Waals surface area contributed by atoms with Gasteiger partial charge in [-0.15, -0.1) is 0 Å². The van der Waals surface area contributed by atoms with Crippen LogP contribution in [-0.2, 0) is 16.6 Å². The number of amides is 1. The van der Waals surface area contributed by atoms with Crippen LogP contribution < -0.4 is 10.6 Å². The summed E-state index contributed by atoms with van der Waals surface area (Å²) in [6.45, 7) is 4.91. The van der Waals surface area contributed by atoms with Crippen LogP contribution >= 0.6 is 0 Å². The Kier molecular flexibility index (Phi) is 3.59. The van der Waals surface area contributed by atoms with Crippen molar-refractivity contribution in [3.8, 4) is 6.07 Å². The summed E-state index contributed by atoms with van der Waals surface area (Å²) in [6, 6.07) is 8.12. The SMILES string of the molecule is CC(C)(CN)c1ccc2c(c1)CCC(=O)N2CC#N. The first kappa shape index (κ1) is 13.6. The second-order valence-electron chi connectivity index (χ2n) is 5.57. The zero-order valence-corrected chi connectivity index (χ0v) is 11.4. The van der Waals surface area contributed by atoms with Gasteiger partial charge in [0, 0.05) is 24.1 Å². The van der Waals surface area contributed by atoms with E-state index >= 15 is 0 Å². The Labute approximate surface area is 113 Å². The van der Waals surface area contributed by atoms with Crippen molar-refractivity contribution in [2.75, 3.05) is 18.0 Å². The maximum Gasteiger partial charge on any atom is 0.228 e. The third-order valence-electron chi connectivity index (χ3n) is 3.80. The molecule has 1 aromatic rings. The topological polar surface area (TPSA) is 70.1 Å². The molecule has 0 atom stereocenters. The number of hydrogen-bond donors (Lipinski definition) is 1. The number of hydrogen-bond acceptors (Lipinski definition) is 3. The number of anilines is 1. The summed E-state index contributed by atoms with van der Waals surface area (Å²) in [6.07, 6.45) is 1.21. The molecule has 1 aliphatic rings. The Hall–Kier alpha value is -1.86. The van der Waals surface area contributed by atoms with Crippen LogP contribution in [0.5, 0.6) is 0 Å². The van der Waals surface area contributed by atoms with E-state index in [2.05, 4.69) is 19.9 Å². The summed E-state index contributed by atoms with van der Waals surface area (Å²) in [5.41, 5.74) is 8.91. The molecule has 0 aromatic heterocycles. The van der Waals surface area contributed by atoms with Gasteiger partial charge in [-0.1, -0.05) is 26.0 Å². The molecule has 2 rings (SSSR count). The van der Waals surface area contributed by atoms with E-state index in [1.165, 1.54) is 5.56 Å². The van der Waals surface area contributed by atoms with Crippen LogP contribution in [0.2, 0.25) is 0 Å². The summed E-state index contributed by atoms with van der Waals surface area (Å²) >= 11 is 0. The number of nitriles is 1. The Morgan fingerprint density at radius 2 is 2.16 bits per heavy atom. The van der Waals surface area contributed by atoms with Crippen LogP contribution in [0.3, 0.4) is 0 Å². The lowest BCUT2D eigenvalue weighted by Gasteiger charge is -2.30. The molecule has 0 fully saturated rings. The third kappa shape index (κ3) is 2.47. The van der Waals surface area contributed by atoms with Crippen molar-refractivity contribution < 1.29 is 4.79 Å². The molecule has 0 spiro atoms. The Morgan fingerprint density at radius 1 is 1.42 bits per heavy atom. The zero-order chi connectivity index (χ0) is 14.0. The molecule has 0 saturated carbocycles. The number of carbonyl (C=O) groups excluding carboxylic acids is 1. The molecule has 0 bridgehead atoms. The summed E-state index contributed by atoms with van der Waals surface area (Å²) in [5.74, 6) is 0.0277. The van der Waals surface area contributed by atoms with Gasteiger partial charge in [0.15, 0.2) is 0 Å². The van der Waals surface area contributed by atoms with Gasteiger partial charge in [-0.25, -0.2) is 0 Å². The average Bonchev–Trinajstić information content (AvgIpc) is 2.41. The molecule has 1 aliphatic heterocycles. The van der Waals surface area contributed by atoms with Crippen molar-refractivity contribution in [1.82, 2.24) is 0 Å². The number of carbonyl (C=O) groups is 1. The predicted octanol–water partition coefficient (Wildman–Crippen LogP) is 1.73. The van der Waals surface area contributed by atoms with Crippen LogP contribution in [-0.4, -0.2) is 19.0 Å². The van der Waals surface area contributed by atoms with E-state index in [9.17, 15) is 4.79 Å². The number of nitrogens with zero attached hydrogens (tertiary/aromatic N) is 2. The van der Waals surface area contributed by atoms with Gasteiger partial charge in [0.25, 0.3) is 0 Å². The highest BCUT2D eigenvalue weighted by Crippen LogP contribution is 2.32. The van der Waals surface area contributed by atoms with Crippen molar-refractivity contribution in [1.29, 1.82) is 5.26 Å². The van der Waals surface area contributed by atoms with E-state index in [-0.39, 0.29) is 17.9 Å². The highest BCUT2D eigenvalue weighted by Gasteiger charge is 2.26. The second kappa shape index (κ2) is 5.02. The first-order chi connectivity index (χ1) is 8.99. The molecular weight excluding hydrogens is 238 g/mol. The monoisotopic (exact) mass is 257 g/mol. The van der Waals surface area contributed by atoms with E-state index in [1.54, 1.807) is 4.90 Å². The van der Waals surface area contributed by atoms with Gasteiger partial charge in [-0.3, -0.25) is 9.69 Å². The van der Waals surface area contributed by atoms with E-state index in [1.807, 2.05) is 18.2 Å². The molecule has 100 valence electrons. The lowest BCUT2D eigenvalue weighted by Crippen LogP contribution is -2.36. The van der Waals surface area contributed by atoms with Gasteiger partial charge >= 0.3 is 0 Å². The Balaban J connectivity index is 2.42. The smallest absolute Gasteiger partial charge is 0.228 e. The lowest BCUT2D eigenvalue weighted by atomic mass is 9.83. The first-order valence-electron chi connectivity index (χ1n) is 6.50. The van der Waals surface area contributed by atoms with Crippen molar-refractivity contribution in [2.24, 2.45) is 5.73 Å². The average molecular weight is 257 g/mol. The van der Waals surface area contributed by atoms with E-state index in [0.29, 0.717) is 13.0 Å². The maximum atomic E-state index is 11.8. The Bertz CT molecular complexity index is 543. The first-order valence-corrected chi connectivity index (χ1v) is 6.50. The van der Waals surface area contributed by atoms with E-state index in [4.69, 9.17) is 11.0 Å². The number of benzene rings is 1. The lowest BCUT2D eigenvalue weighted by molar-refractivity contribution is -0.118. The van der Waals surface area contributed by atoms with Gasteiger partial charge in [0.1, 0.15) is 6.54 Å². The van der Waals surface area contributed by atoms with Crippen molar-refractivity contribution in [2.45, 2.75) is 32.1 Å². The molecule has 0 radical (unpaired) electrons.